The Bertz CT molecular complexity index is 348. The van der Waals surface area contributed by atoms with Crippen LogP contribution in [0.5, 0.6) is 0 Å². The number of rotatable bonds is 7. The van der Waals surface area contributed by atoms with Crippen LogP contribution in [0.15, 0.2) is 12.3 Å². The molecule has 17 heavy (non-hydrogen) atoms. The third kappa shape index (κ3) is 3.85. The molecule has 1 aromatic heterocycles. The minimum Gasteiger partial charge on any atom is -0.356 e. The summed E-state index contributed by atoms with van der Waals surface area (Å²) in [5.74, 6) is -0.137. The molecule has 0 spiro atoms. The first kappa shape index (κ1) is 13.7. The van der Waals surface area contributed by atoms with Crippen LogP contribution in [0.3, 0.4) is 0 Å². The number of carbonyl (C=O) groups is 1. The van der Waals surface area contributed by atoms with Crippen LogP contribution in [0.25, 0.3) is 0 Å². The number of hydrogen-bond acceptors (Lipinski definition) is 3. The van der Waals surface area contributed by atoms with Crippen molar-refractivity contribution in [2.24, 2.45) is 11.7 Å². The Morgan fingerprint density at radius 3 is 2.94 bits per heavy atom. The van der Waals surface area contributed by atoms with Gasteiger partial charge in [0.1, 0.15) is 0 Å². The molecule has 1 amide bonds. The first-order valence-electron chi connectivity index (χ1n) is 6.21. The van der Waals surface area contributed by atoms with Gasteiger partial charge >= 0.3 is 0 Å². The first-order chi connectivity index (χ1) is 8.22. The van der Waals surface area contributed by atoms with Crippen LogP contribution in [0.4, 0.5) is 0 Å². The van der Waals surface area contributed by atoms with Crippen molar-refractivity contribution in [1.29, 1.82) is 0 Å². The van der Waals surface area contributed by atoms with Crippen LogP contribution < -0.4 is 11.1 Å². The SMILES string of the molecule is CCCn1nccc1CC(CN)C(=O)NCC. The Balaban J connectivity index is 2.66. The number of carbonyl (C=O) groups excluding carboxylic acids is 1. The zero-order valence-corrected chi connectivity index (χ0v) is 10.6. The van der Waals surface area contributed by atoms with Crippen molar-refractivity contribution in [2.75, 3.05) is 13.1 Å². The lowest BCUT2D eigenvalue weighted by molar-refractivity contribution is -0.124. The minimum absolute atomic E-state index is 0.0271. The smallest absolute Gasteiger partial charge is 0.224 e. The van der Waals surface area contributed by atoms with Crippen LogP contribution in [-0.2, 0) is 17.8 Å². The summed E-state index contributed by atoms with van der Waals surface area (Å²) >= 11 is 0. The highest BCUT2D eigenvalue weighted by Gasteiger charge is 2.18. The molecule has 0 aliphatic rings. The molecule has 0 fully saturated rings. The van der Waals surface area contributed by atoms with E-state index in [4.69, 9.17) is 5.73 Å². The molecule has 1 unspecified atom stereocenters. The fourth-order valence-corrected chi connectivity index (χ4v) is 1.80. The van der Waals surface area contributed by atoms with Gasteiger partial charge in [0.15, 0.2) is 0 Å². The Hall–Kier alpha value is -1.36. The summed E-state index contributed by atoms with van der Waals surface area (Å²) in [5.41, 5.74) is 6.73. The van der Waals surface area contributed by atoms with Crippen LogP contribution in [-0.4, -0.2) is 28.8 Å². The van der Waals surface area contributed by atoms with Crippen LogP contribution in [0.1, 0.15) is 26.0 Å². The molecule has 0 saturated carbocycles. The zero-order valence-electron chi connectivity index (χ0n) is 10.6. The number of amides is 1. The molecule has 1 atom stereocenters. The van der Waals surface area contributed by atoms with Crippen molar-refractivity contribution in [1.82, 2.24) is 15.1 Å². The molecule has 0 saturated heterocycles. The second-order valence-electron chi connectivity index (χ2n) is 4.08. The van der Waals surface area contributed by atoms with Gasteiger partial charge in [0.2, 0.25) is 5.91 Å². The van der Waals surface area contributed by atoms with Gasteiger partial charge in [-0.2, -0.15) is 5.10 Å². The average Bonchev–Trinajstić information content (AvgIpc) is 2.74. The molecule has 5 heteroatoms. The number of aryl methyl sites for hydroxylation is 1. The predicted octanol–water partition coefficient (Wildman–Crippen LogP) is 0.547. The normalized spacial score (nSPS) is 12.4. The first-order valence-corrected chi connectivity index (χ1v) is 6.21. The molecular formula is C12H22N4O. The molecule has 1 aromatic rings. The molecule has 1 rings (SSSR count). The predicted molar refractivity (Wildman–Crippen MR) is 67.5 cm³/mol. The fourth-order valence-electron chi connectivity index (χ4n) is 1.80. The quantitative estimate of drug-likeness (QED) is 0.728. The second kappa shape index (κ2) is 7.06. The van der Waals surface area contributed by atoms with Gasteiger partial charge in [0.25, 0.3) is 0 Å². The molecule has 0 aliphatic carbocycles. The van der Waals surface area contributed by atoms with E-state index >= 15 is 0 Å². The van der Waals surface area contributed by atoms with E-state index in [0.717, 1.165) is 18.7 Å². The Labute approximate surface area is 102 Å². The highest BCUT2D eigenvalue weighted by Crippen LogP contribution is 2.08. The summed E-state index contributed by atoms with van der Waals surface area (Å²) in [6.45, 7) is 5.91. The van der Waals surface area contributed by atoms with Gasteiger partial charge in [-0.15, -0.1) is 0 Å². The van der Waals surface area contributed by atoms with Gasteiger partial charge < -0.3 is 11.1 Å². The van der Waals surface area contributed by atoms with E-state index in [0.29, 0.717) is 19.5 Å². The maximum atomic E-state index is 11.7. The lowest BCUT2D eigenvalue weighted by atomic mass is 10.0. The van der Waals surface area contributed by atoms with E-state index in [1.54, 1.807) is 6.20 Å². The Morgan fingerprint density at radius 2 is 2.35 bits per heavy atom. The van der Waals surface area contributed by atoms with Gasteiger partial charge in [-0.25, -0.2) is 0 Å². The second-order valence-corrected chi connectivity index (χ2v) is 4.08. The van der Waals surface area contributed by atoms with E-state index in [9.17, 15) is 4.79 Å². The number of aromatic nitrogens is 2. The molecule has 0 aliphatic heterocycles. The van der Waals surface area contributed by atoms with E-state index in [1.165, 1.54) is 0 Å². The minimum atomic E-state index is -0.165. The highest BCUT2D eigenvalue weighted by atomic mass is 16.1. The number of nitrogens with two attached hydrogens (primary N) is 1. The third-order valence-corrected chi connectivity index (χ3v) is 2.70. The molecule has 3 N–H and O–H groups in total. The van der Waals surface area contributed by atoms with Crippen molar-refractivity contribution in [3.8, 4) is 0 Å². The summed E-state index contributed by atoms with van der Waals surface area (Å²) in [4.78, 5) is 11.7. The molecular weight excluding hydrogens is 216 g/mol. The maximum absolute atomic E-state index is 11.7. The van der Waals surface area contributed by atoms with E-state index in [2.05, 4.69) is 17.3 Å². The van der Waals surface area contributed by atoms with Crippen LogP contribution in [0.2, 0.25) is 0 Å². The number of nitrogens with zero attached hydrogens (tertiary/aromatic N) is 2. The average molecular weight is 238 g/mol. The fraction of sp³-hybridized carbons (Fsp3) is 0.667. The molecule has 5 nitrogen and oxygen atoms in total. The third-order valence-electron chi connectivity index (χ3n) is 2.70. The highest BCUT2D eigenvalue weighted by molar-refractivity contribution is 5.79. The number of hydrogen-bond donors (Lipinski definition) is 2. The van der Waals surface area contributed by atoms with E-state index in [1.807, 2.05) is 17.7 Å². The monoisotopic (exact) mass is 238 g/mol. The van der Waals surface area contributed by atoms with Gasteiger partial charge in [-0.1, -0.05) is 6.92 Å². The van der Waals surface area contributed by atoms with E-state index < -0.39 is 0 Å². The largest absolute Gasteiger partial charge is 0.356 e. The molecule has 0 aromatic carbocycles. The summed E-state index contributed by atoms with van der Waals surface area (Å²) in [6.07, 6.45) is 3.46. The van der Waals surface area contributed by atoms with Gasteiger partial charge in [-0.05, 0) is 19.4 Å². The number of nitrogens with one attached hydrogen (secondary N) is 1. The van der Waals surface area contributed by atoms with Crippen molar-refractivity contribution >= 4 is 5.91 Å². The van der Waals surface area contributed by atoms with Crippen molar-refractivity contribution in [2.45, 2.75) is 33.2 Å². The van der Waals surface area contributed by atoms with Crippen LogP contribution >= 0.6 is 0 Å². The Kier molecular flexibility index (Phi) is 5.69. The summed E-state index contributed by atoms with van der Waals surface area (Å²) in [6, 6.07) is 1.96. The van der Waals surface area contributed by atoms with E-state index in [-0.39, 0.29) is 11.8 Å². The van der Waals surface area contributed by atoms with Gasteiger partial charge in [0.05, 0.1) is 5.92 Å². The summed E-state index contributed by atoms with van der Waals surface area (Å²) < 4.78 is 1.95. The lowest BCUT2D eigenvalue weighted by Gasteiger charge is -2.15. The lowest BCUT2D eigenvalue weighted by Crippen LogP contribution is -2.36. The Morgan fingerprint density at radius 1 is 1.59 bits per heavy atom. The summed E-state index contributed by atoms with van der Waals surface area (Å²) in [5, 5.41) is 7.05. The zero-order chi connectivity index (χ0) is 12.7. The topological polar surface area (TPSA) is 72.9 Å². The van der Waals surface area contributed by atoms with Crippen molar-refractivity contribution < 1.29 is 4.79 Å². The molecule has 96 valence electrons. The van der Waals surface area contributed by atoms with Crippen molar-refractivity contribution in [3.05, 3.63) is 18.0 Å². The van der Waals surface area contributed by atoms with Crippen LogP contribution in [0, 0.1) is 5.92 Å². The van der Waals surface area contributed by atoms with Crippen molar-refractivity contribution in [3.63, 3.8) is 0 Å². The molecule has 1 heterocycles. The van der Waals surface area contributed by atoms with Gasteiger partial charge in [0, 0.05) is 37.9 Å². The van der Waals surface area contributed by atoms with Gasteiger partial charge in [-0.3, -0.25) is 9.48 Å². The summed E-state index contributed by atoms with van der Waals surface area (Å²) in [7, 11) is 0. The standard InChI is InChI=1S/C12H22N4O/c1-3-7-16-11(5-6-15-16)8-10(9-13)12(17)14-4-2/h5-6,10H,3-4,7-9,13H2,1-2H3,(H,14,17). The maximum Gasteiger partial charge on any atom is 0.224 e. The molecule has 0 radical (unpaired) electrons. The molecule has 0 bridgehead atoms.